The Morgan fingerprint density at radius 2 is 1.86 bits per heavy atom. The summed E-state index contributed by atoms with van der Waals surface area (Å²) >= 11 is 15.0. The molecular weight excluding hydrogens is 293 g/mol. The van der Waals surface area contributed by atoms with E-state index in [4.69, 9.17) is 23.2 Å². The van der Waals surface area contributed by atoms with Crippen molar-refractivity contribution >= 4 is 44.8 Å². The van der Waals surface area contributed by atoms with Crippen LogP contribution >= 0.6 is 39.1 Å². The van der Waals surface area contributed by atoms with Crippen LogP contribution in [0, 0.1) is 10.1 Å². The molecule has 0 saturated heterocycles. The summed E-state index contributed by atoms with van der Waals surface area (Å²) in [4.78, 5) is 9.90. The second-order valence-electron chi connectivity index (χ2n) is 2.70. The van der Waals surface area contributed by atoms with Crippen molar-refractivity contribution in [1.82, 2.24) is 0 Å². The largest absolute Gasteiger partial charge is 0.272 e. The van der Waals surface area contributed by atoms with Crippen molar-refractivity contribution in [2.45, 2.75) is 11.8 Å². The fourth-order valence-electron chi connectivity index (χ4n) is 1.06. The second-order valence-corrected chi connectivity index (χ2v) is 4.88. The summed E-state index contributed by atoms with van der Waals surface area (Å²) in [6, 6.07) is 2.58. The zero-order chi connectivity index (χ0) is 10.9. The molecule has 0 aromatic heterocycles. The third-order valence-electron chi connectivity index (χ3n) is 1.67. The van der Waals surface area contributed by atoms with Gasteiger partial charge in [0.1, 0.15) is 0 Å². The molecule has 1 aromatic rings. The van der Waals surface area contributed by atoms with Crippen molar-refractivity contribution in [3.63, 3.8) is 0 Å². The maximum absolute atomic E-state index is 10.5. The summed E-state index contributed by atoms with van der Waals surface area (Å²) in [6.07, 6.45) is 0. The van der Waals surface area contributed by atoms with E-state index in [2.05, 4.69) is 15.9 Å². The maximum Gasteiger partial charge on any atom is 0.272 e. The van der Waals surface area contributed by atoms with Crippen LogP contribution in [-0.4, -0.2) is 4.92 Å². The number of hydrogen-bond acceptors (Lipinski definition) is 2. The molecule has 0 spiro atoms. The van der Waals surface area contributed by atoms with E-state index in [0.29, 0.717) is 15.6 Å². The van der Waals surface area contributed by atoms with E-state index in [9.17, 15) is 10.1 Å². The summed E-state index contributed by atoms with van der Waals surface area (Å²) in [5.74, 6) is 0. The summed E-state index contributed by atoms with van der Waals surface area (Å²) in [7, 11) is 0. The molecule has 0 fully saturated rings. The minimum atomic E-state index is -0.527. The molecule has 0 saturated carbocycles. The minimum absolute atomic E-state index is 0.0386. The van der Waals surface area contributed by atoms with Gasteiger partial charge in [0.05, 0.1) is 15.0 Å². The van der Waals surface area contributed by atoms with Gasteiger partial charge in [-0.15, -0.1) is 0 Å². The Morgan fingerprint density at radius 3 is 2.14 bits per heavy atom. The van der Waals surface area contributed by atoms with E-state index >= 15 is 0 Å². The standard InChI is InChI=1S/C8H6BrCl2NO2/c1-4(9)8-6(10)2-5(12(13)14)3-7(8)11/h2-4H,1H3. The van der Waals surface area contributed by atoms with Gasteiger partial charge < -0.3 is 0 Å². The number of non-ortho nitro benzene ring substituents is 1. The normalized spacial score (nSPS) is 12.6. The predicted molar refractivity (Wildman–Crippen MR) is 60.5 cm³/mol. The monoisotopic (exact) mass is 297 g/mol. The van der Waals surface area contributed by atoms with Crippen molar-refractivity contribution in [3.8, 4) is 0 Å². The molecule has 14 heavy (non-hydrogen) atoms. The lowest BCUT2D eigenvalue weighted by molar-refractivity contribution is -0.384. The Bertz CT molecular complexity index is 359. The smallest absolute Gasteiger partial charge is 0.258 e. The lowest BCUT2D eigenvalue weighted by atomic mass is 10.1. The van der Waals surface area contributed by atoms with Crippen LogP contribution in [0.3, 0.4) is 0 Å². The van der Waals surface area contributed by atoms with Crippen LogP contribution in [0.1, 0.15) is 17.3 Å². The molecule has 1 aromatic carbocycles. The first-order valence-corrected chi connectivity index (χ1v) is 5.38. The lowest BCUT2D eigenvalue weighted by Gasteiger charge is -2.08. The zero-order valence-electron chi connectivity index (χ0n) is 7.13. The van der Waals surface area contributed by atoms with Gasteiger partial charge in [-0.2, -0.15) is 0 Å². The Morgan fingerprint density at radius 1 is 1.43 bits per heavy atom. The number of nitro benzene ring substituents is 1. The van der Waals surface area contributed by atoms with Crippen molar-refractivity contribution in [2.75, 3.05) is 0 Å². The Balaban J connectivity index is 3.32. The molecule has 0 amide bonds. The minimum Gasteiger partial charge on any atom is -0.258 e. The maximum atomic E-state index is 10.5. The molecule has 1 atom stereocenters. The molecule has 1 unspecified atom stereocenters. The number of nitrogens with zero attached hydrogens (tertiary/aromatic N) is 1. The molecule has 0 aliphatic rings. The predicted octanol–water partition coefficient (Wildman–Crippen LogP) is 4.36. The first-order valence-electron chi connectivity index (χ1n) is 3.71. The molecule has 0 radical (unpaired) electrons. The fourth-order valence-corrected chi connectivity index (χ4v) is 2.62. The molecule has 0 heterocycles. The number of halogens is 3. The Labute approximate surface area is 99.3 Å². The third-order valence-corrected chi connectivity index (χ3v) is 2.76. The molecule has 0 aliphatic carbocycles. The van der Waals surface area contributed by atoms with Crippen LogP contribution < -0.4 is 0 Å². The van der Waals surface area contributed by atoms with Gasteiger partial charge in [-0.3, -0.25) is 10.1 Å². The average Bonchev–Trinajstić information content (AvgIpc) is 2.01. The van der Waals surface area contributed by atoms with Gasteiger partial charge in [-0.1, -0.05) is 39.1 Å². The summed E-state index contributed by atoms with van der Waals surface area (Å²) in [6.45, 7) is 1.85. The molecule has 1 rings (SSSR count). The first kappa shape index (κ1) is 11.8. The number of alkyl halides is 1. The number of benzene rings is 1. The topological polar surface area (TPSA) is 43.1 Å². The van der Waals surface area contributed by atoms with Crippen molar-refractivity contribution in [2.24, 2.45) is 0 Å². The second kappa shape index (κ2) is 4.47. The van der Waals surface area contributed by atoms with Crippen LogP contribution in [0.4, 0.5) is 5.69 Å². The van der Waals surface area contributed by atoms with E-state index in [0.717, 1.165) is 0 Å². The summed E-state index contributed by atoms with van der Waals surface area (Å²) in [5.41, 5.74) is 0.566. The fraction of sp³-hybridized carbons (Fsp3) is 0.250. The average molecular weight is 299 g/mol. The van der Waals surface area contributed by atoms with Gasteiger partial charge in [0, 0.05) is 22.5 Å². The van der Waals surface area contributed by atoms with Gasteiger partial charge in [-0.25, -0.2) is 0 Å². The third kappa shape index (κ3) is 2.38. The number of rotatable bonds is 2. The summed E-state index contributed by atoms with van der Waals surface area (Å²) < 4.78 is 0. The summed E-state index contributed by atoms with van der Waals surface area (Å²) in [5, 5.41) is 11.1. The van der Waals surface area contributed by atoms with Gasteiger partial charge in [0.15, 0.2) is 0 Å². The Kier molecular flexibility index (Phi) is 3.75. The molecule has 0 N–H and O–H groups in total. The Hall–Kier alpha value is -0.320. The van der Waals surface area contributed by atoms with Crippen LogP contribution in [0.5, 0.6) is 0 Å². The van der Waals surface area contributed by atoms with Gasteiger partial charge in [0.2, 0.25) is 0 Å². The van der Waals surface area contributed by atoms with E-state index in [-0.39, 0.29) is 10.5 Å². The lowest BCUT2D eigenvalue weighted by Crippen LogP contribution is -1.92. The van der Waals surface area contributed by atoms with Crippen LogP contribution in [-0.2, 0) is 0 Å². The molecule has 76 valence electrons. The molecule has 6 heteroatoms. The molecule has 0 bridgehead atoms. The highest BCUT2D eigenvalue weighted by atomic mass is 79.9. The quantitative estimate of drug-likeness (QED) is 0.462. The van der Waals surface area contributed by atoms with Crippen LogP contribution in [0.2, 0.25) is 10.0 Å². The highest BCUT2D eigenvalue weighted by molar-refractivity contribution is 9.09. The van der Waals surface area contributed by atoms with Gasteiger partial charge >= 0.3 is 0 Å². The van der Waals surface area contributed by atoms with E-state index in [1.165, 1.54) is 12.1 Å². The van der Waals surface area contributed by atoms with Gasteiger partial charge in [-0.05, 0) is 6.92 Å². The zero-order valence-corrected chi connectivity index (χ0v) is 10.2. The molecule has 0 aliphatic heterocycles. The van der Waals surface area contributed by atoms with Crippen molar-refractivity contribution < 1.29 is 4.92 Å². The highest BCUT2D eigenvalue weighted by Crippen LogP contribution is 2.37. The SMILES string of the molecule is CC(Br)c1c(Cl)cc([N+](=O)[O-])cc1Cl. The highest BCUT2D eigenvalue weighted by Gasteiger charge is 2.17. The van der Waals surface area contributed by atoms with Crippen molar-refractivity contribution in [1.29, 1.82) is 0 Å². The molecule has 3 nitrogen and oxygen atoms in total. The van der Waals surface area contributed by atoms with Crippen LogP contribution in [0.25, 0.3) is 0 Å². The van der Waals surface area contributed by atoms with E-state index < -0.39 is 4.92 Å². The number of hydrogen-bond donors (Lipinski definition) is 0. The van der Waals surface area contributed by atoms with Crippen LogP contribution in [0.15, 0.2) is 12.1 Å². The van der Waals surface area contributed by atoms with Gasteiger partial charge in [0.25, 0.3) is 5.69 Å². The first-order chi connectivity index (χ1) is 6.43. The van der Waals surface area contributed by atoms with Crippen molar-refractivity contribution in [3.05, 3.63) is 37.9 Å². The van der Waals surface area contributed by atoms with E-state index in [1.54, 1.807) is 0 Å². The number of nitro groups is 1. The van der Waals surface area contributed by atoms with E-state index in [1.807, 2.05) is 6.92 Å². The molecular formula is C8H6BrCl2NO2.